The summed E-state index contributed by atoms with van der Waals surface area (Å²) in [5, 5.41) is 15.6. The van der Waals surface area contributed by atoms with E-state index < -0.39 is 16.9 Å². The number of esters is 1. The Labute approximate surface area is 153 Å². The average molecular weight is 352 g/mol. The number of ether oxygens (including phenoxy) is 1. The van der Waals surface area contributed by atoms with E-state index >= 15 is 0 Å². The van der Waals surface area contributed by atoms with Crippen LogP contribution in [0.25, 0.3) is 0 Å². The summed E-state index contributed by atoms with van der Waals surface area (Å²) < 4.78 is 5.34. The van der Waals surface area contributed by atoms with Crippen molar-refractivity contribution < 1.29 is 14.6 Å². The fourth-order valence-electron chi connectivity index (χ4n) is 7.49. The molecule has 5 aliphatic heterocycles. The molecule has 136 valence electrons. The van der Waals surface area contributed by atoms with Crippen molar-refractivity contribution in [1.82, 2.24) is 4.90 Å². The van der Waals surface area contributed by atoms with Gasteiger partial charge in [0.15, 0.2) is 0 Å². The summed E-state index contributed by atoms with van der Waals surface area (Å²) >= 11 is 0. The molecule has 1 spiro atoms. The maximum absolute atomic E-state index is 13.2. The predicted octanol–water partition coefficient (Wildman–Crippen LogP) is 1.68. The molecule has 1 aromatic carbocycles. The van der Waals surface area contributed by atoms with Gasteiger partial charge in [-0.1, -0.05) is 29.8 Å². The number of aliphatic hydroxyl groups is 1. The topological polar surface area (TPSA) is 61.8 Å². The van der Waals surface area contributed by atoms with Crippen molar-refractivity contribution >= 4 is 11.7 Å². The highest BCUT2D eigenvalue weighted by molar-refractivity contribution is 5.84. The van der Waals surface area contributed by atoms with Gasteiger partial charge in [-0.25, -0.2) is 0 Å². The van der Waals surface area contributed by atoms with Gasteiger partial charge in [0.2, 0.25) is 0 Å². The second kappa shape index (κ2) is 4.52. The minimum Gasteiger partial charge on any atom is -0.468 e. The molecule has 0 amide bonds. The van der Waals surface area contributed by atoms with Gasteiger partial charge in [0.05, 0.1) is 19.3 Å². The van der Waals surface area contributed by atoms with Crippen molar-refractivity contribution in [3.63, 3.8) is 0 Å². The molecular weight excluding hydrogens is 328 g/mol. The van der Waals surface area contributed by atoms with Crippen LogP contribution >= 0.6 is 0 Å². The molecule has 5 heterocycles. The summed E-state index contributed by atoms with van der Waals surface area (Å²) in [7, 11) is 1.46. The van der Waals surface area contributed by atoms with Crippen LogP contribution < -0.4 is 5.32 Å². The zero-order valence-corrected chi connectivity index (χ0v) is 15.1. The number of benzene rings is 1. The quantitative estimate of drug-likeness (QED) is 0.595. The fourth-order valence-corrected chi connectivity index (χ4v) is 7.49. The number of aliphatic hydroxyl groups excluding tert-OH is 1. The van der Waals surface area contributed by atoms with Gasteiger partial charge in [-0.15, -0.1) is 0 Å². The molecule has 5 bridgehead atoms. The number of hydrogen-bond donors (Lipinski definition) is 2. The molecule has 1 aliphatic carbocycles. The van der Waals surface area contributed by atoms with Crippen LogP contribution in [0.15, 0.2) is 35.9 Å². The molecule has 5 nitrogen and oxygen atoms in total. The van der Waals surface area contributed by atoms with Crippen LogP contribution in [-0.4, -0.2) is 53.9 Å². The van der Waals surface area contributed by atoms with Crippen LogP contribution in [0.2, 0.25) is 0 Å². The lowest BCUT2D eigenvalue weighted by Gasteiger charge is -2.60. The summed E-state index contributed by atoms with van der Waals surface area (Å²) in [5.74, 6) is -0.154. The lowest BCUT2D eigenvalue weighted by molar-refractivity contribution is -0.179. The van der Waals surface area contributed by atoms with Crippen molar-refractivity contribution in [3.8, 4) is 0 Å². The predicted molar refractivity (Wildman–Crippen MR) is 96.7 cm³/mol. The number of fused-ring (bicyclic) bond motifs is 2. The van der Waals surface area contributed by atoms with Gasteiger partial charge in [0.25, 0.3) is 0 Å². The third-order valence-electron chi connectivity index (χ3n) is 8.30. The summed E-state index contributed by atoms with van der Waals surface area (Å²) in [6.07, 6.45) is 3.15. The normalized spacial score (nSPS) is 50.5. The number of hydrogen-bond acceptors (Lipinski definition) is 5. The number of nitrogens with zero attached hydrogens (tertiary/aromatic N) is 1. The van der Waals surface area contributed by atoms with E-state index in [0.717, 1.165) is 25.1 Å². The number of anilines is 1. The van der Waals surface area contributed by atoms with Crippen molar-refractivity contribution in [2.24, 2.45) is 11.3 Å². The van der Waals surface area contributed by atoms with Crippen molar-refractivity contribution in [2.75, 3.05) is 19.0 Å². The maximum atomic E-state index is 13.2. The van der Waals surface area contributed by atoms with E-state index in [4.69, 9.17) is 4.74 Å². The summed E-state index contributed by atoms with van der Waals surface area (Å²) in [6, 6.07) is 8.89. The first-order chi connectivity index (χ1) is 12.6. The van der Waals surface area contributed by atoms with Crippen molar-refractivity contribution in [2.45, 2.75) is 49.4 Å². The van der Waals surface area contributed by atoms with Gasteiger partial charge in [-0.05, 0) is 31.4 Å². The molecule has 4 saturated heterocycles. The minimum atomic E-state index is -0.848. The monoisotopic (exact) mass is 352 g/mol. The molecule has 0 aromatic heterocycles. The zero-order chi connectivity index (χ0) is 17.8. The SMILES string of the molecule is C/C=C1/CN2[C@H]3C[C@@]45c6ccccc6NC4[C@@H]2C[C@@H]1C3(C(=O)OC)[C@@H]5O. The number of rotatable bonds is 1. The number of allylic oxidation sites excluding steroid dienone is 1. The first-order valence-corrected chi connectivity index (χ1v) is 9.64. The highest BCUT2D eigenvalue weighted by atomic mass is 16.5. The molecule has 1 aromatic rings. The highest BCUT2D eigenvalue weighted by Gasteiger charge is 2.82. The Balaban J connectivity index is 1.65. The molecule has 6 aliphatic rings. The molecule has 3 unspecified atom stereocenters. The minimum absolute atomic E-state index is 0.0570. The van der Waals surface area contributed by atoms with E-state index in [1.54, 1.807) is 0 Å². The van der Waals surface area contributed by atoms with Gasteiger partial charge < -0.3 is 15.2 Å². The van der Waals surface area contributed by atoms with Crippen LogP contribution in [0.5, 0.6) is 0 Å². The van der Waals surface area contributed by atoms with E-state index in [2.05, 4.69) is 35.3 Å². The summed E-state index contributed by atoms with van der Waals surface area (Å²) in [6.45, 7) is 2.96. The van der Waals surface area contributed by atoms with E-state index in [0.29, 0.717) is 6.04 Å². The van der Waals surface area contributed by atoms with Gasteiger partial charge in [0, 0.05) is 35.6 Å². The summed E-state index contributed by atoms with van der Waals surface area (Å²) in [4.78, 5) is 15.7. The van der Waals surface area contributed by atoms with Crippen LogP contribution in [0.4, 0.5) is 5.69 Å². The molecule has 5 fully saturated rings. The first kappa shape index (κ1) is 15.2. The Morgan fingerprint density at radius 1 is 1.42 bits per heavy atom. The van der Waals surface area contributed by atoms with Gasteiger partial charge in [0.1, 0.15) is 5.41 Å². The van der Waals surface area contributed by atoms with Crippen LogP contribution in [0, 0.1) is 11.3 Å². The number of piperidine rings is 4. The molecular formula is C21H24N2O3. The second-order valence-corrected chi connectivity index (χ2v) is 8.65. The Kier molecular flexibility index (Phi) is 2.65. The standard InChI is InChI=1S/C21H24N2O3/c1-3-11-10-23-15-8-13(11)21(19(25)26-2)16(23)9-20(18(21)24)12-6-4-5-7-14(12)22-17(15)20/h3-7,13,15-18,22,24H,8-10H2,1-2H3/b11-3-/t13-,15-,16-,17?,18+,20+,21?/m0/s1. The third-order valence-corrected chi connectivity index (χ3v) is 8.30. The molecule has 7 rings (SSSR count). The molecule has 26 heavy (non-hydrogen) atoms. The number of carbonyl (C=O) groups is 1. The van der Waals surface area contributed by atoms with Crippen molar-refractivity contribution in [1.29, 1.82) is 0 Å². The Morgan fingerprint density at radius 2 is 2.23 bits per heavy atom. The Morgan fingerprint density at radius 3 is 3.00 bits per heavy atom. The van der Waals surface area contributed by atoms with Gasteiger partial charge in [-0.3, -0.25) is 9.69 Å². The number of para-hydroxylation sites is 1. The zero-order valence-electron chi connectivity index (χ0n) is 15.1. The number of carbonyl (C=O) groups excluding carboxylic acids is 1. The van der Waals surface area contributed by atoms with Gasteiger partial charge >= 0.3 is 5.97 Å². The van der Waals surface area contributed by atoms with E-state index in [-0.39, 0.29) is 24.0 Å². The Hall–Kier alpha value is -1.85. The first-order valence-electron chi connectivity index (χ1n) is 9.64. The molecule has 1 saturated carbocycles. The lowest BCUT2D eigenvalue weighted by Crippen LogP contribution is -2.71. The largest absolute Gasteiger partial charge is 0.468 e. The van der Waals surface area contributed by atoms with Crippen molar-refractivity contribution in [3.05, 3.63) is 41.5 Å². The number of nitrogens with one attached hydrogen (secondary N) is 1. The molecule has 2 N–H and O–H groups in total. The van der Waals surface area contributed by atoms with Gasteiger partial charge in [-0.2, -0.15) is 0 Å². The fraction of sp³-hybridized carbons (Fsp3) is 0.571. The van der Waals surface area contributed by atoms with Crippen LogP contribution in [0.1, 0.15) is 25.3 Å². The van der Waals surface area contributed by atoms with Crippen LogP contribution in [-0.2, 0) is 14.9 Å². The second-order valence-electron chi connectivity index (χ2n) is 8.65. The highest BCUT2D eigenvalue weighted by Crippen LogP contribution is 2.71. The smallest absolute Gasteiger partial charge is 0.316 e. The van der Waals surface area contributed by atoms with E-state index in [1.807, 2.05) is 12.1 Å². The van der Waals surface area contributed by atoms with E-state index in [1.165, 1.54) is 18.2 Å². The summed E-state index contributed by atoms with van der Waals surface area (Å²) in [5.41, 5.74) is 2.34. The molecule has 8 atom stereocenters. The molecule has 0 radical (unpaired) electrons. The average Bonchev–Trinajstić information content (AvgIpc) is 3.13. The lowest BCUT2D eigenvalue weighted by atomic mass is 9.58. The molecule has 5 heteroatoms. The number of methoxy groups -OCH3 is 1. The van der Waals surface area contributed by atoms with Crippen LogP contribution in [0.3, 0.4) is 0 Å². The third kappa shape index (κ3) is 1.28. The maximum Gasteiger partial charge on any atom is 0.316 e. The van der Waals surface area contributed by atoms with E-state index in [9.17, 15) is 9.90 Å². The Bertz CT molecular complexity index is 867.